The lowest BCUT2D eigenvalue weighted by Gasteiger charge is -2.07. The fraction of sp³-hybridized carbons (Fsp3) is 0. The monoisotopic (exact) mass is 292 g/mol. The maximum Gasteiger partial charge on any atom is 0.269 e. The molecular weight excluding hydrogens is 280 g/mol. The second-order valence-corrected chi connectivity index (χ2v) is 4.60. The van der Waals surface area contributed by atoms with E-state index in [0.717, 1.165) is 11.3 Å². The number of pyridine rings is 1. The summed E-state index contributed by atoms with van der Waals surface area (Å²) in [4.78, 5) is 14.5. The molecule has 5 heteroatoms. The van der Waals surface area contributed by atoms with Gasteiger partial charge in [0.15, 0.2) is 0 Å². The van der Waals surface area contributed by atoms with Gasteiger partial charge in [0.1, 0.15) is 11.5 Å². The largest absolute Gasteiger partial charge is 0.457 e. The molecule has 1 heterocycles. The van der Waals surface area contributed by atoms with Crippen molar-refractivity contribution in [2.45, 2.75) is 0 Å². The van der Waals surface area contributed by atoms with Gasteiger partial charge < -0.3 is 4.74 Å². The molecule has 0 atom stereocenters. The van der Waals surface area contributed by atoms with Gasteiger partial charge in [-0.2, -0.15) is 0 Å². The number of ether oxygens (including phenoxy) is 1. The maximum atomic E-state index is 10.6. The molecule has 5 nitrogen and oxygen atoms in total. The Hall–Kier alpha value is -3.21. The van der Waals surface area contributed by atoms with E-state index in [1.165, 1.54) is 12.1 Å². The number of hydrogen-bond donors (Lipinski definition) is 0. The average Bonchev–Trinajstić information content (AvgIpc) is 2.56. The van der Waals surface area contributed by atoms with Crippen molar-refractivity contribution in [3.8, 4) is 22.8 Å². The Balaban J connectivity index is 1.82. The summed E-state index contributed by atoms with van der Waals surface area (Å²) in [6.07, 6.45) is 1.67. The molecule has 0 amide bonds. The minimum absolute atomic E-state index is 0.0343. The van der Waals surface area contributed by atoms with Crippen molar-refractivity contribution in [1.82, 2.24) is 4.98 Å². The summed E-state index contributed by atoms with van der Waals surface area (Å²) in [5, 5.41) is 10.6. The van der Waals surface area contributed by atoms with Gasteiger partial charge in [-0.1, -0.05) is 30.3 Å². The SMILES string of the molecule is O=[N+]([O-])c1ccc(Oc2ccnc(-c3ccccc3)c2)cc1. The molecule has 0 aliphatic heterocycles. The van der Waals surface area contributed by atoms with Crippen LogP contribution in [0.2, 0.25) is 0 Å². The fourth-order valence-electron chi connectivity index (χ4n) is 2.01. The summed E-state index contributed by atoms with van der Waals surface area (Å²) in [6.45, 7) is 0. The van der Waals surface area contributed by atoms with Crippen LogP contribution < -0.4 is 4.74 Å². The lowest BCUT2D eigenvalue weighted by Crippen LogP contribution is -1.89. The van der Waals surface area contributed by atoms with E-state index in [0.29, 0.717) is 11.5 Å². The number of benzene rings is 2. The summed E-state index contributed by atoms with van der Waals surface area (Å²) in [7, 11) is 0. The van der Waals surface area contributed by atoms with Crippen molar-refractivity contribution >= 4 is 5.69 Å². The lowest BCUT2D eigenvalue weighted by molar-refractivity contribution is -0.384. The zero-order chi connectivity index (χ0) is 15.4. The highest BCUT2D eigenvalue weighted by molar-refractivity contribution is 5.60. The van der Waals surface area contributed by atoms with Gasteiger partial charge >= 0.3 is 0 Å². The molecule has 0 saturated carbocycles. The lowest BCUT2D eigenvalue weighted by atomic mass is 10.1. The van der Waals surface area contributed by atoms with Crippen molar-refractivity contribution in [2.24, 2.45) is 0 Å². The number of aromatic nitrogens is 1. The van der Waals surface area contributed by atoms with Crippen molar-refractivity contribution in [1.29, 1.82) is 0 Å². The van der Waals surface area contributed by atoms with Crippen LogP contribution in [0.5, 0.6) is 11.5 Å². The third kappa shape index (κ3) is 3.09. The Morgan fingerprint density at radius 1 is 0.909 bits per heavy atom. The number of non-ortho nitro benzene ring substituents is 1. The van der Waals surface area contributed by atoms with Crippen LogP contribution in [-0.2, 0) is 0 Å². The van der Waals surface area contributed by atoms with Crippen molar-refractivity contribution in [3.05, 3.63) is 83.0 Å². The first-order chi connectivity index (χ1) is 10.7. The first kappa shape index (κ1) is 13.8. The summed E-state index contributed by atoms with van der Waals surface area (Å²) >= 11 is 0. The van der Waals surface area contributed by atoms with Crippen LogP contribution in [0.15, 0.2) is 72.9 Å². The molecule has 2 aromatic carbocycles. The standard InChI is InChI=1S/C17H12N2O3/c20-19(21)14-6-8-15(9-7-14)22-16-10-11-18-17(12-16)13-4-2-1-3-5-13/h1-12H. The predicted molar refractivity (Wildman–Crippen MR) is 82.8 cm³/mol. The number of nitro groups is 1. The summed E-state index contributed by atoms with van der Waals surface area (Å²) in [5.41, 5.74) is 1.84. The van der Waals surface area contributed by atoms with Crippen molar-refractivity contribution in [2.75, 3.05) is 0 Å². The number of nitrogens with zero attached hydrogens (tertiary/aromatic N) is 2. The first-order valence-corrected chi connectivity index (χ1v) is 6.66. The molecule has 3 aromatic rings. The molecule has 0 radical (unpaired) electrons. The van der Waals surface area contributed by atoms with Crippen LogP contribution in [0.4, 0.5) is 5.69 Å². The maximum absolute atomic E-state index is 10.6. The first-order valence-electron chi connectivity index (χ1n) is 6.66. The Labute approximate surface area is 127 Å². The second kappa shape index (κ2) is 6.05. The van der Waals surface area contributed by atoms with Crippen molar-refractivity contribution < 1.29 is 9.66 Å². The van der Waals surface area contributed by atoms with Crippen LogP contribution in [-0.4, -0.2) is 9.91 Å². The van der Waals surface area contributed by atoms with Gasteiger partial charge in [-0.25, -0.2) is 0 Å². The van der Waals surface area contributed by atoms with E-state index in [4.69, 9.17) is 4.74 Å². The second-order valence-electron chi connectivity index (χ2n) is 4.60. The molecule has 0 spiro atoms. The van der Waals surface area contributed by atoms with Gasteiger partial charge in [0.2, 0.25) is 0 Å². The van der Waals surface area contributed by atoms with Crippen LogP contribution in [0, 0.1) is 10.1 Å². The minimum Gasteiger partial charge on any atom is -0.457 e. The van der Waals surface area contributed by atoms with E-state index >= 15 is 0 Å². The van der Waals surface area contributed by atoms with Gasteiger partial charge in [0.05, 0.1) is 10.6 Å². The topological polar surface area (TPSA) is 65.3 Å². The van der Waals surface area contributed by atoms with E-state index in [-0.39, 0.29) is 5.69 Å². The summed E-state index contributed by atoms with van der Waals surface area (Å²) in [6, 6.07) is 19.3. The van der Waals surface area contributed by atoms with E-state index in [1.807, 2.05) is 36.4 Å². The summed E-state index contributed by atoms with van der Waals surface area (Å²) < 4.78 is 5.71. The highest BCUT2D eigenvalue weighted by Gasteiger charge is 2.06. The average molecular weight is 292 g/mol. The zero-order valence-corrected chi connectivity index (χ0v) is 11.5. The molecule has 0 aliphatic rings. The van der Waals surface area contributed by atoms with Gasteiger partial charge in [-0.15, -0.1) is 0 Å². The fourth-order valence-corrected chi connectivity index (χ4v) is 2.01. The van der Waals surface area contributed by atoms with Gasteiger partial charge in [0, 0.05) is 30.0 Å². The van der Waals surface area contributed by atoms with Crippen LogP contribution in [0.25, 0.3) is 11.3 Å². The smallest absolute Gasteiger partial charge is 0.269 e. The van der Waals surface area contributed by atoms with E-state index < -0.39 is 4.92 Å². The van der Waals surface area contributed by atoms with E-state index in [1.54, 1.807) is 24.4 Å². The van der Waals surface area contributed by atoms with E-state index in [9.17, 15) is 10.1 Å². The molecule has 0 fully saturated rings. The number of nitro benzene ring substituents is 1. The molecule has 3 rings (SSSR count). The van der Waals surface area contributed by atoms with E-state index in [2.05, 4.69) is 4.98 Å². The molecular formula is C17H12N2O3. The zero-order valence-electron chi connectivity index (χ0n) is 11.5. The molecule has 0 aliphatic carbocycles. The highest BCUT2D eigenvalue weighted by Crippen LogP contribution is 2.26. The third-order valence-electron chi connectivity index (χ3n) is 3.08. The Kier molecular flexibility index (Phi) is 3.78. The number of hydrogen-bond acceptors (Lipinski definition) is 4. The normalized spacial score (nSPS) is 10.2. The molecule has 0 bridgehead atoms. The molecule has 1 aromatic heterocycles. The Bertz CT molecular complexity index is 787. The Morgan fingerprint density at radius 2 is 1.64 bits per heavy atom. The van der Waals surface area contributed by atoms with Gasteiger partial charge in [-0.3, -0.25) is 15.1 Å². The molecule has 0 saturated heterocycles. The molecule has 108 valence electrons. The molecule has 0 unspecified atom stereocenters. The molecule has 0 N–H and O–H groups in total. The van der Waals surface area contributed by atoms with Gasteiger partial charge in [-0.05, 0) is 18.2 Å². The van der Waals surface area contributed by atoms with Gasteiger partial charge in [0.25, 0.3) is 5.69 Å². The Morgan fingerprint density at radius 3 is 2.32 bits per heavy atom. The highest BCUT2D eigenvalue weighted by atomic mass is 16.6. The number of rotatable bonds is 4. The summed E-state index contributed by atoms with van der Waals surface area (Å²) in [5.74, 6) is 1.17. The molecule has 22 heavy (non-hydrogen) atoms. The van der Waals surface area contributed by atoms with Crippen molar-refractivity contribution in [3.63, 3.8) is 0 Å². The van der Waals surface area contributed by atoms with Crippen LogP contribution in [0.1, 0.15) is 0 Å². The van der Waals surface area contributed by atoms with Crippen LogP contribution >= 0.6 is 0 Å². The van der Waals surface area contributed by atoms with Crippen LogP contribution in [0.3, 0.4) is 0 Å². The third-order valence-corrected chi connectivity index (χ3v) is 3.08. The quantitative estimate of drug-likeness (QED) is 0.526. The minimum atomic E-state index is -0.441. The predicted octanol–water partition coefficient (Wildman–Crippen LogP) is 4.45.